The molecule has 0 saturated carbocycles. The highest BCUT2D eigenvalue weighted by Crippen LogP contribution is 2.01. The standard InChI is InChI=1S/C12H14N2O2/c1-3-4-7-13-9-11-6-5-10(8-14-11)12(15)16-2/h1,5-6,8,13H,4,7,9H2,2H3. The number of pyridine rings is 1. The highest BCUT2D eigenvalue weighted by atomic mass is 16.5. The molecule has 4 heteroatoms. The van der Waals surface area contributed by atoms with E-state index in [0.29, 0.717) is 18.5 Å². The predicted octanol–water partition coefficient (Wildman–Crippen LogP) is 0.981. The molecule has 0 fully saturated rings. The quantitative estimate of drug-likeness (QED) is 0.455. The van der Waals surface area contributed by atoms with E-state index in [9.17, 15) is 4.79 Å². The van der Waals surface area contributed by atoms with E-state index >= 15 is 0 Å². The zero-order valence-electron chi connectivity index (χ0n) is 9.19. The Morgan fingerprint density at radius 2 is 2.44 bits per heavy atom. The van der Waals surface area contributed by atoms with Crippen LogP contribution in [-0.2, 0) is 11.3 Å². The molecule has 1 N–H and O–H groups in total. The highest BCUT2D eigenvalue weighted by molar-refractivity contribution is 5.88. The summed E-state index contributed by atoms with van der Waals surface area (Å²) in [7, 11) is 1.34. The highest BCUT2D eigenvalue weighted by Gasteiger charge is 2.04. The number of hydrogen-bond donors (Lipinski definition) is 1. The first kappa shape index (κ1) is 12.2. The number of terminal acetylenes is 1. The van der Waals surface area contributed by atoms with E-state index in [2.05, 4.69) is 21.0 Å². The normalized spacial score (nSPS) is 9.50. The Morgan fingerprint density at radius 3 is 3.00 bits per heavy atom. The molecule has 0 atom stereocenters. The number of hydrogen-bond acceptors (Lipinski definition) is 4. The molecule has 1 heterocycles. The summed E-state index contributed by atoms with van der Waals surface area (Å²) in [5.41, 5.74) is 1.32. The zero-order valence-corrected chi connectivity index (χ0v) is 9.19. The van der Waals surface area contributed by atoms with E-state index in [0.717, 1.165) is 12.2 Å². The van der Waals surface area contributed by atoms with Gasteiger partial charge in [-0.05, 0) is 12.1 Å². The van der Waals surface area contributed by atoms with Gasteiger partial charge in [-0.15, -0.1) is 12.3 Å². The Kier molecular flexibility index (Phi) is 5.03. The summed E-state index contributed by atoms with van der Waals surface area (Å²) < 4.78 is 4.57. The number of ether oxygens (including phenoxy) is 1. The maximum atomic E-state index is 11.1. The molecule has 0 spiro atoms. The van der Waals surface area contributed by atoms with E-state index in [1.54, 1.807) is 12.1 Å². The van der Waals surface area contributed by atoms with Crippen LogP contribution in [0.2, 0.25) is 0 Å². The first-order valence-electron chi connectivity index (χ1n) is 4.95. The van der Waals surface area contributed by atoms with Gasteiger partial charge in [0, 0.05) is 25.7 Å². The minimum atomic E-state index is -0.376. The second kappa shape index (κ2) is 6.59. The van der Waals surface area contributed by atoms with Crippen molar-refractivity contribution in [2.24, 2.45) is 0 Å². The van der Waals surface area contributed by atoms with E-state index < -0.39 is 0 Å². The van der Waals surface area contributed by atoms with E-state index in [-0.39, 0.29) is 5.97 Å². The second-order valence-electron chi connectivity index (χ2n) is 3.16. The van der Waals surface area contributed by atoms with Crippen molar-refractivity contribution in [1.82, 2.24) is 10.3 Å². The molecular formula is C12H14N2O2. The number of nitrogens with zero attached hydrogens (tertiary/aromatic N) is 1. The van der Waals surface area contributed by atoms with Gasteiger partial charge in [-0.2, -0.15) is 0 Å². The maximum Gasteiger partial charge on any atom is 0.339 e. The SMILES string of the molecule is C#CCCNCc1ccc(C(=O)OC)cn1. The van der Waals surface area contributed by atoms with E-state index in [1.807, 2.05) is 0 Å². The smallest absolute Gasteiger partial charge is 0.339 e. The van der Waals surface area contributed by atoms with Gasteiger partial charge in [0.1, 0.15) is 0 Å². The average Bonchev–Trinajstić information content (AvgIpc) is 2.34. The van der Waals surface area contributed by atoms with E-state index in [4.69, 9.17) is 6.42 Å². The maximum absolute atomic E-state index is 11.1. The van der Waals surface area contributed by atoms with Crippen molar-refractivity contribution in [2.75, 3.05) is 13.7 Å². The lowest BCUT2D eigenvalue weighted by molar-refractivity contribution is 0.0600. The molecule has 16 heavy (non-hydrogen) atoms. The summed E-state index contributed by atoms with van der Waals surface area (Å²) in [4.78, 5) is 15.3. The summed E-state index contributed by atoms with van der Waals surface area (Å²) >= 11 is 0. The van der Waals surface area contributed by atoms with Crippen molar-refractivity contribution >= 4 is 5.97 Å². The molecule has 0 aliphatic carbocycles. The summed E-state index contributed by atoms with van der Waals surface area (Å²) in [6.07, 6.45) is 7.32. The van der Waals surface area contributed by atoms with Crippen LogP contribution in [0.1, 0.15) is 22.5 Å². The molecule has 4 nitrogen and oxygen atoms in total. The number of carbonyl (C=O) groups is 1. The molecule has 0 bridgehead atoms. The molecule has 0 amide bonds. The first-order valence-corrected chi connectivity index (χ1v) is 4.95. The number of methoxy groups -OCH3 is 1. The fourth-order valence-corrected chi connectivity index (χ4v) is 1.14. The fraction of sp³-hybridized carbons (Fsp3) is 0.333. The molecule has 1 aromatic heterocycles. The minimum Gasteiger partial charge on any atom is -0.465 e. The number of aromatic nitrogens is 1. The zero-order chi connectivity index (χ0) is 11.8. The number of carbonyl (C=O) groups excluding carboxylic acids is 1. The van der Waals surface area contributed by atoms with Crippen LogP contribution in [-0.4, -0.2) is 24.6 Å². The molecule has 0 radical (unpaired) electrons. The Bertz CT molecular complexity index is 379. The van der Waals surface area contributed by atoms with Crippen LogP contribution in [0.4, 0.5) is 0 Å². The van der Waals surface area contributed by atoms with Gasteiger partial charge < -0.3 is 10.1 Å². The topological polar surface area (TPSA) is 51.2 Å². The van der Waals surface area contributed by atoms with Gasteiger partial charge in [0.2, 0.25) is 0 Å². The van der Waals surface area contributed by atoms with Crippen LogP contribution in [0.5, 0.6) is 0 Å². The average molecular weight is 218 g/mol. The molecule has 0 aromatic carbocycles. The summed E-state index contributed by atoms with van der Waals surface area (Å²) in [5, 5.41) is 3.14. The van der Waals surface area contributed by atoms with Gasteiger partial charge in [-0.25, -0.2) is 4.79 Å². The predicted molar refractivity (Wildman–Crippen MR) is 60.7 cm³/mol. The first-order chi connectivity index (χ1) is 7.77. The van der Waals surface area contributed by atoms with Crippen LogP contribution in [0, 0.1) is 12.3 Å². The Labute approximate surface area is 95.0 Å². The van der Waals surface area contributed by atoms with Crippen LogP contribution in [0.25, 0.3) is 0 Å². The number of nitrogens with one attached hydrogen (secondary N) is 1. The van der Waals surface area contributed by atoms with Crippen molar-refractivity contribution in [3.8, 4) is 12.3 Å². The summed E-state index contributed by atoms with van der Waals surface area (Å²) in [5.74, 6) is 2.17. The lowest BCUT2D eigenvalue weighted by Crippen LogP contribution is -2.15. The monoisotopic (exact) mass is 218 g/mol. The van der Waals surface area contributed by atoms with Gasteiger partial charge >= 0.3 is 5.97 Å². The van der Waals surface area contributed by atoms with Crippen molar-refractivity contribution < 1.29 is 9.53 Å². The molecular weight excluding hydrogens is 204 g/mol. The lowest BCUT2D eigenvalue weighted by Gasteiger charge is -2.03. The Balaban J connectivity index is 2.46. The third-order valence-corrected chi connectivity index (χ3v) is 2.00. The van der Waals surface area contributed by atoms with Crippen molar-refractivity contribution in [2.45, 2.75) is 13.0 Å². The molecule has 0 aliphatic rings. The molecule has 1 aromatic rings. The van der Waals surface area contributed by atoms with Crippen LogP contribution in [0.15, 0.2) is 18.3 Å². The molecule has 84 valence electrons. The summed E-state index contributed by atoms with van der Waals surface area (Å²) in [6.45, 7) is 1.40. The molecule has 0 saturated heterocycles. The Morgan fingerprint density at radius 1 is 1.62 bits per heavy atom. The fourth-order valence-electron chi connectivity index (χ4n) is 1.14. The minimum absolute atomic E-state index is 0.376. The molecule has 1 rings (SSSR count). The van der Waals surface area contributed by atoms with Gasteiger partial charge in [0.15, 0.2) is 0 Å². The van der Waals surface area contributed by atoms with Gasteiger partial charge in [-0.1, -0.05) is 0 Å². The van der Waals surface area contributed by atoms with Gasteiger partial charge in [-0.3, -0.25) is 4.98 Å². The van der Waals surface area contributed by atoms with Gasteiger partial charge in [0.05, 0.1) is 18.4 Å². The third kappa shape index (κ3) is 3.71. The van der Waals surface area contributed by atoms with Crippen LogP contribution in [0.3, 0.4) is 0 Å². The van der Waals surface area contributed by atoms with Crippen molar-refractivity contribution in [1.29, 1.82) is 0 Å². The van der Waals surface area contributed by atoms with Crippen LogP contribution < -0.4 is 5.32 Å². The molecule has 0 unspecified atom stereocenters. The van der Waals surface area contributed by atoms with Crippen molar-refractivity contribution in [3.63, 3.8) is 0 Å². The van der Waals surface area contributed by atoms with Crippen LogP contribution >= 0.6 is 0 Å². The summed E-state index contributed by atoms with van der Waals surface area (Å²) in [6, 6.07) is 3.48. The second-order valence-corrected chi connectivity index (χ2v) is 3.16. The van der Waals surface area contributed by atoms with E-state index in [1.165, 1.54) is 13.3 Å². The number of esters is 1. The van der Waals surface area contributed by atoms with Crippen molar-refractivity contribution in [3.05, 3.63) is 29.6 Å². The third-order valence-electron chi connectivity index (χ3n) is 2.00. The number of rotatable bonds is 5. The Hall–Kier alpha value is -1.86. The largest absolute Gasteiger partial charge is 0.465 e. The lowest BCUT2D eigenvalue weighted by atomic mass is 10.2. The van der Waals surface area contributed by atoms with Gasteiger partial charge in [0.25, 0.3) is 0 Å². The molecule has 0 aliphatic heterocycles.